The van der Waals surface area contributed by atoms with Crippen LogP contribution in [0.25, 0.3) is 0 Å². The van der Waals surface area contributed by atoms with Gasteiger partial charge in [0, 0.05) is 13.6 Å². The summed E-state index contributed by atoms with van der Waals surface area (Å²) in [5.74, 6) is 0.266. The summed E-state index contributed by atoms with van der Waals surface area (Å²) >= 11 is 0. The Morgan fingerprint density at radius 1 is 1.32 bits per heavy atom. The predicted octanol–water partition coefficient (Wildman–Crippen LogP) is 0.364. The molecule has 19 heavy (non-hydrogen) atoms. The normalized spacial score (nSPS) is 9.79. The quantitative estimate of drug-likeness (QED) is 0.779. The van der Waals surface area contributed by atoms with E-state index in [0.717, 1.165) is 11.3 Å². The van der Waals surface area contributed by atoms with E-state index in [1.165, 1.54) is 11.9 Å². The molecule has 6 nitrogen and oxygen atoms in total. The Hall–Kier alpha value is -2.24. The lowest BCUT2D eigenvalue weighted by molar-refractivity contribution is -0.118. The van der Waals surface area contributed by atoms with Crippen LogP contribution in [0.4, 0.5) is 4.79 Å². The molecule has 0 aliphatic rings. The average molecular weight is 265 g/mol. The van der Waals surface area contributed by atoms with Gasteiger partial charge in [-0.2, -0.15) is 0 Å². The number of rotatable bonds is 6. The van der Waals surface area contributed by atoms with Crippen LogP contribution in [0.3, 0.4) is 0 Å². The molecule has 104 valence electrons. The summed E-state index contributed by atoms with van der Waals surface area (Å²) < 4.78 is 5.06. The van der Waals surface area contributed by atoms with Crippen LogP contribution in [0.15, 0.2) is 24.3 Å². The van der Waals surface area contributed by atoms with Crippen molar-refractivity contribution in [1.82, 2.24) is 10.2 Å². The van der Waals surface area contributed by atoms with Gasteiger partial charge in [-0.1, -0.05) is 12.1 Å². The summed E-state index contributed by atoms with van der Waals surface area (Å²) in [6.07, 6.45) is 0.708. The van der Waals surface area contributed by atoms with Crippen molar-refractivity contribution in [3.05, 3.63) is 29.8 Å². The molecule has 0 radical (unpaired) electrons. The van der Waals surface area contributed by atoms with Crippen molar-refractivity contribution in [2.45, 2.75) is 6.42 Å². The highest BCUT2D eigenvalue weighted by Gasteiger charge is 2.09. The van der Waals surface area contributed by atoms with E-state index in [-0.39, 0.29) is 12.6 Å². The SMILES string of the molecule is COc1ccc(CCNC(=O)N(C)CC(N)=O)cc1. The molecular formula is C13H19N3O3. The molecule has 0 bridgehead atoms. The molecule has 0 unspecified atom stereocenters. The average Bonchev–Trinajstić information content (AvgIpc) is 2.38. The maximum atomic E-state index is 11.6. The number of benzene rings is 1. The van der Waals surface area contributed by atoms with Crippen LogP contribution in [-0.2, 0) is 11.2 Å². The number of amides is 3. The van der Waals surface area contributed by atoms with Gasteiger partial charge < -0.3 is 20.7 Å². The van der Waals surface area contributed by atoms with Crippen molar-refractivity contribution in [3.63, 3.8) is 0 Å². The largest absolute Gasteiger partial charge is 0.497 e. The highest BCUT2D eigenvalue weighted by molar-refractivity contribution is 5.82. The number of methoxy groups -OCH3 is 1. The molecule has 0 fully saturated rings. The Labute approximate surface area is 112 Å². The number of nitrogens with one attached hydrogen (secondary N) is 1. The van der Waals surface area contributed by atoms with Gasteiger partial charge in [-0.3, -0.25) is 4.79 Å². The van der Waals surface area contributed by atoms with E-state index in [2.05, 4.69) is 5.32 Å². The minimum atomic E-state index is -0.534. The first-order valence-corrected chi connectivity index (χ1v) is 5.93. The molecule has 3 N–H and O–H groups in total. The van der Waals surface area contributed by atoms with Crippen LogP contribution in [0.2, 0.25) is 0 Å². The number of carbonyl (C=O) groups excluding carboxylic acids is 2. The number of carbonyl (C=O) groups is 2. The minimum Gasteiger partial charge on any atom is -0.497 e. The lowest BCUT2D eigenvalue weighted by Gasteiger charge is -2.15. The molecular weight excluding hydrogens is 246 g/mol. The Balaban J connectivity index is 2.32. The van der Waals surface area contributed by atoms with Crippen molar-refractivity contribution in [1.29, 1.82) is 0 Å². The summed E-state index contributed by atoms with van der Waals surface area (Å²) in [6.45, 7) is 0.405. The monoisotopic (exact) mass is 265 g/mol. The second-order valence-electron chi connectivity index (χ2n) is 4.15. The molecule has 0 atom stereocenters. The highest BCUT2D eigenvalue weighted by Crippen LogP contribution is 2.11. The van der Waals surface area contributed by atoms with Crippen LogP contribution in [0, 0.1) is 0 Å². The molecule has 0 aromatic heterocycles. The number of likely N-dealkylation sites (N-methyl/N-ethyl adjacent to an activating group) is 1. The maximum Gasteiger partial charge on any atom is 0.317 e. The number of ether oxygens (including phenoxy) is 1. The predicted molar refractivity (Wildman–Crippen MR) is 71.9 cm³/mol. The second-order valence-corrected chi connectivity index (χ2v) is 4.15. The molecule has 0 saturated heterocycles. The zero-order chi connectivity index (χ0) is 14.3. The molecule has 1 aromatic carbocycles. The molecule has 6 heteroatoms. The van der Waals surface area contributed by atoms with E-state index < -0.39 is 5.91 Å². The van der Waals surface area contributed by atoms with E-state index in [4.69, 9.17) is 10.5 Å². The first-order valence-electron chi connectivity index (χ1n) is 5.93. The van der Waals surface area contributed by atoms with Gasteiger partial charge in [-0.15, -0.1) is 0 Å². The van der Waals surface area contributed by atoms with Crippen molar-refractivity contribution in [3.8, 4) is 5.75 Å². The van der Waals surface area contributed by atoms with Crippen molar-refractivity contribution >= 4 is 11.9 Å². The molecule has 0 spiro atoms. The van der Waals surface area contributed by atoms with Gasteiger partial charge in [0.2, 0.25) is 5.91 Å². The first-order chi connectivity index (χ1) is 9.02. The summed E-state index contributed by atoms with van der Waals surface area (Å²) in [6, 6.07) is 7.32. The van der Waals surface area contributed by atoms with Crippen LogP contribution in [0.1, 0.15) is 5.56 Å². The van der Waals surface area contributed by atoms with Crippen LogP contribution in [0.5, 0.6) is 5.75 Å². The van der Waals surface area contributed by atoms with Crippen molar-refractivity contribution in [2.24, 2.45) is 5.73 Å². The Morgan fingerprint density at radius 2 is 1.95 bits per heavy atom. The lowest BCUT2D eigenvalue weighted by Crippen LogP contribution is -2.42. The Bertz CT molecular complexity index is 431. The zero-order valence-electron chi connectivity index (χ0n) is 11.2. The fourth-order valence-electron chi connectivity index (χ4n) is 1.55. The van der Waals surface area contributed by atoms with Gasteiger partial charge in [0.25, 0.3) is 0 Å². The summed E-state index contributed by atoms with van der Waals surface area (Å²) in [7, 11) is 3.14. The zero-order valence-corrected chi connectivity index (χ0v) is 11.2. The summed E-state index contributed by atoms with van der Waals surface area (Å²) in [5.41, 5.74) is 6.10. The van der Waals surface area contributed by atoms with Gasteiger partial charge in [0.1, 0.15) is 12.3 Å². The van der Waals surface area contributed by atoms with Crippen LogP contribution in [-0.4, -0.2) is 44.1 Å². The molecule has 1 aromatic rings. The van der Waals surface area contributed by atoms with E-state index >= 15 is 0 Å². The van der Waals surface area contributed by atoms with Gasteiger partial charge in [-0.25, -0.2) is 4.79 Å². The minimum absolute atomic E-state index is 0.0889. The van der Waals surface area contributed by atoms with E-state index in [1.54, 1.807) is 7.11 Å². The number of nitrogens with two attached hydrogens (primary N) is 1. The van der Waals surface area contributed by atoms with E-state index in [1.807, 2.05) is 24.3 Å². The molecule has 1 rings (SSSR count). The maximum absolute atomic E-state index is 11.6. The molecule has 0 aliphatic carbocycles. The van der Waals surface area contributed by atoms with E-state index in [0.29, 0.717) is 13.0 Å². The number of primary amides is 1. The van der Waals surface area contributed by atoms with Gasteiger partial charge in [0.05, 0.1) is 7.11 Å². The van der Waals surface area contributed by atoms with Crippen LogP contribution >= 0.6 is 0 Å². The van der Waals surface area contributed by atoms with E-state index in [9.17, 15) is 9.59 Å². The number of urea groups is 1. The second kappa shape index (κ2) is 7.25. The van der Waals surface area contributed by atoms with Gasteiger partial charge in [-0.05, 0) is 24.1 Å². The summed E-state index contributed by atoms with van der Waals surface area (Å²) in [5, 5.41) is 2.71. The highest BCUT2D eigenvalue weighted by atomic mass is 16.5. The molecule has 0 saturated carbocycles. The molecule has 3 amide bonds. The number of hydrogen-bond acceptors (Lipinski definition) is 3. The molecule has 0 aliphatic heterocycles. The Kier molecular flexibility index (Phi) is 5.66. The fourth-order valence-corrected chi connectivity index (χ4v) is 1.55. The Morgan fingerprint density at radius 3 is 2.47 bits per heavy atom. The third-order valence-corrected chi connectivity index (χ3v) is 2.59. The van der Waals surface area contributed by atoms with Crippen LogP contribution < -0.4 is 15.8 Å². The number of hydrogen-bond donors (Lipinski definition) is 2. The summed E-state index contributed by atoms with van der Waals surface area (Å²) in [4.78, 5) is 23.5. The topological polar surface area (TPSA) is 84.7 Å². The van der Waals surface area contributed by atoms with Crippen molar-refractivity contribution in [2.75, 3.05) is 27.2 Å². The third-order valence-electron chi connectivity index (χ3n) is 2.59. The molecule has 0 heterocycles. The van der Waals surface area contributed by atoms with Crippen molar-refractivity contribution < 1.29 is 14.3 Å². The standard InChI is InChI=1S/C13H19N3O3/c1-16(9-12(14)17)13(18)15-8-7-10-3-5-11(19-2)6-4-10/h3-6H,7-9H2,1-2H3,(H2,14,17)(H,15,18). The number of nitrogens with zero attached hydrogens (tertiary/aromatic N) is 1. The third kappa shape index (κ3) is 5.29. The van der Waals surface area contributed by atoms with Gasteiger partial charge in [0.15, 0.2) is 0 Å². The lowest BCUT2D eigenvalue weighted by atomic mass is 10.1. The van der Waals surface area contributed by atoms with Gasteiger partial charge >= 0.3 is 6.03 Å². The smallest absolute Gasteiger partial charge is 0.317 e. The first kappa shape index (κ1) is 14.8. The fraction of sp³-hybridized carbons (Fsp3) is 0.385.